The molecule has 4 aliphatic carbocycles. The van der Waals surface area contributed by atoms with Gasteiger partial charge >= 0.3 is 0 Å². The Bertz CT molecular complexity index is 676. The van der Waals surface area contributed by atoms with Gasteiger partial charge in [-0.2, -0.15) is 0 Å². The van der Waals surface area contributed by atoms with Crippen molar-refractivity contribution in [2.45, 2.75) is 111 Å². The molecule has 29 heavy (non-hydrogen) atoms. The van der Waals surface area contributed by atoms with Gasteiger partial charge in [-0.05, 0) is 79.4 Å². The molecule has 4 aliphatic rings. The van der Waals surface area contributed by atoms with Crippen LogP contribution in [0.25, 0.3) is 0 Å². The Hall–Kier alpha value is -0.630. The highest BCUT2D eigenvalue weighted by Crippen LogP contribution is 2.65. The zero-order valence-electron chi connectivity index (χ0n) is 19.6. The van der Waals surface area contributed by atoms with Gasteiger partial charge in [0.25, 0.3) is 0 Å². The number of hydrogen-bond acceptors (Lipinski definition) is 2. The molecule has 0 radical (unpaired) electrons. The number of hydrogen-bond donors (Lipinski definition) is 1. The predicted octanol–water partition coefficient (Wildman–Crippen LogP) is 6.71. The van der Waals surface area contributed by atoms with Gasteiger partial charge in [-0.25, -0.2) is 0 Å². The molecule has 0 aromatic carbocycles. The second kappa shape index (κ2) is 7.81. The molecule has 7 atom stereocenters. The van der Waals surface area contributed by atoms with Crippen LogP contribution in [0.5, 0.6) is 0 Å². The number of aliphatic hydroxyl groups is 1. The SMILES string of the molecule is CC(C)CCC[C@@H](C)[C@H]1CC(=O)[C@H]2C3=C(CC[C@@]21C)[C@@]1(C)CC[C@H](O)CC1CC3. The first-order valence-electron chi connectivity index (χ1n) is 12.6. The molecule has 0 spiro atoms. The predicted molar refractivity (Wildman–Crippen MR) is 120 cm³/mol. The number of carbonyl (C=O) groups is 1. The molecule has 4 rings (SSSR count). The first-order valence-corrected chi connectivity index (χ1v) is 12.6. The van der Waals surface area contributed by atoms with Gasteiger partial charge in [0, 0.05) is 12.3 Å². The molecule has 2 fully saturated rings. The van der Waals surface area contributed by atoms with Gasteiger partial charge in [-0.15, -0.1) is 0 Å². The summed E-state index contributed by atoms with van der Waals surface area (Å²) in [5.41, 5.74) is 3.65. The lowest BCUT2D eigenvalue weighted by atomic mass is 9.50. The Morgan fingerprint density at radius 3 is 2.55 bits per heavy atom. The van der Waals surface area contributed by atoms with Crippen LogP contribution in [0.4, 0.5) is 0 Å². The topological polar surface area (TPSA) is 37.3 Å². The summed E-state index contributed by atoms with van der Waals surface area (Å²) in [6.07, 6.45) is 12.3. The molecule has 0 heterocycles. The smallest absolute Gasteiger partial charge is 0.140 e. The summed E-state index contributed by atoms with van der Waals surface area (Å²) >= 11 is 0. The molecule has 2 heteroatoms. The molecule has 164 valence electrons. The molecule has 0 aliphatic heterocycles. The van der Waals surface area contributed by atoms with Crippen molar-refractivity contribution in [1.82, 2.24) is 0 Å². The van der Waals surface area contributed by atoms with E-state index in [1.807, 2.05) is 0 Å². The first kappa shape index (κ1) is 21.6. The van der Waals surface area contributed by atoms with Crippen molar-refractivity contribution in [3.05, 3.63) is 11.1 Å². The average molecular weight is 401 g/mol. The van der Waals surface area contributed by atoms with Gasteiger partial charge in [-0.3, -0.25) is 4.79 Å². The summed E-state index contributed by atoms with van der Waals surface area (Å²) in [5, 5.41) is 10.2. The van der Waals surface area contributed by atoms with E-state index in [1.54, 1.807) is 11.1 Å². The highest BCUT2D eigenvalue weighted by molar-refractivity contribution is 5.88. The summed E-state index contributed by atoms with van der Waals surface area (Å²) in [6.45, 7) is 12.0. The number of allylic oxidation sites excluding steroid dienone is 2. The number of carbonyl (C=O) groups excluding carboxylic acids is 1. The Balaban J connectivity index is 1.58. The normalized spacial score (nSPS) is 43.2. The fourth-order valence-corrected chi connectivity index (χ4v) is 8.19. The van der Waals surface area contributed by atoms with Crippen LogP contribution in [0.1, 0.15) is 105 Å². The van der Waals surface area contributed by atoms with Crippen LogP contribution in [0, 0.1) is 40.4 Å². The zero-order valence-corrected chi connectivity index (χ0v) is 19.6. The maximum absolute atomic E-state index is 13.4. The van der Waals surface area contributed by atoms with E-state index >= 15 is 0 Å². The highest BCUT2D eigenvalue weighted by atomic mass is 16.3. The first-order chi connectivity index (χ1) is 13.7. The third-order valence-corrected chi connectivity index (χ3v) is 9.93. The lowest BCUT2D eigenvalue weighted by Gasteiger charge is -2.54. The fourth-order valence-electron chi connectivity index (χ4n) is 8.19. The summed E-state index contributed by atoms with van der Waals surface area (Å²) in [5.74, 6) is 3.39. The minimum Gasteiger partial charge on any atom is -0.393 e. The summed E-state index contributed by atoms with van der Waals surface area (Å²) in [6, 6.07) is 0. The van der Waals surface area contributed by atoms with Gasteiger partial charge in [0.15, 0.2) is 0 Å². The fraction of sp³-hybridized carbons (Fsp3) is 0.889. The molecule has 1 unspecified atom stereocenters. The molecule has 1 N–H and O–H groups in total. The van der Waals surface area contributed by atoms with Crippen molar-refractivity contribution >= 4 is 5.78 Å². The van der Waals surface area contributed by atoms with Crippen molar-refractivity contribution in [2.75, 3.05) is 0 Å². The number of Topliss-reactive ketones (excluding diaryl/α,β-unsaturated/α-hetero) is 1. The Morgan fingerprint density at radius 1 is 1.07 bits per heavy atom. The van der Waals surface area contributed by atoms with Crippen molar-refractivity contribution in [1.29, 1.82) is 0 Å². The maximum atomic E-state index is 13.4. The Morgan fingerprint density at radius 2 is 1.83 bits per heavy atom. The Kier molecular flexibility index (Phi) is 5.82. The second-order valence-corrected chi connectivity index (χ2v) is 12.1. The number of aliphatic hydroxyl groups excluding tert-OH is 1. The molecule has 0 amide bonds. The van der Waals surface area contributed by atoms with Gasteiger partial charge in [-0.1, -0.05) is 65.0 Å². The summed E-state index contributed by atoms with van der Waals surface area (Å²) in [7, 11) is 0. The lowest BCUT2D eigenvalue weighted by molar-refractivity contribution is -0.121. The van der Waals surface area contributed by atoms with E-state index in [2.05, 4.69) is 34.6 Å². The van der Waals surface area contributed by atoms with Crippen molar-refractivity contribution in [2.24, 2.45) is 40.4 Å². The van der Waals surface area contributed by atoms with E-state index in [4.69, 9.17) is 0 Å². The van der Waals surface area contributed by atoms with Crippen LogP contribution < -0.4 is 0 Å². The zero-order chi connectivity index (χ0) is 21.0. The minimum absolute atomic E-state index is 0.103. The van der Waals surface area contributed by atoms with E-state index in [9.17, 15) is 9.90 Å². The highest BCUT2D eigenvalue weighted by Gasteiger charge is 2.59. The number of rotatable bonds is 5. The molecule has 0 aromatic rings. The molecule has 2 nitrogen and oxygen atoms in total. The second-order valence-electron chi connectivity index (χ2n) is 12.1. The van der Waals surface area contributed by atoms with Crippen molar-refractivity contribution in [3.63, 3.8) is 0 Å². The molecular formula is C27H44O2. The van der Waals surface area contributed by atoms with E-state index in [1.165, 1.54) is 38.5 Å². The van der Waals surface area contributed by atoms with Gasteiger partial charge < -0.3 is 5.11 Å². The van der Waals surface area contributed by atoms with Crippen LogP contribution in [0.2, 0.25) is 0 Å². The van der Waals surface area contributed by atoms with Gasteiger partial charge in [0.05, 0.1) is 6.10 Å². The number of fused-ring (bicyclic) bond motifs is 4. The van der Waals surface area contributed by atoms with Crippen LogP contribution in [-0.4, -0.2) is 17.0 Å². The molecular weight excluding hydrogens is 356 g/mol. The molecule has 2 saturated carbocycles. The monoisotopic (exact) mass is 400 g/mol. The van der Waals surface area contributed by atoms with E-state index < -0.39 is 0 Å². The largest absolute Gasteiger partial charge is 0.393 e. The summed E-state index contributed by atoms with van der Waals surface area (Å²) < 4.78 is 0. The van der Waals surface area contributed by atoms with E-state index in [0.717, 1.165) is 38.0 Å². The lowest BCUT2D eigenvalue weighted by Crippen LogP contribution is -2.46. The molecule has 0 aromatic heterocycles. The van der Waals surface area contributed by atoms with Gasteiger partial charge in [0.2, 0.25) is 0 Å². The van der Waals surface area contributed by atoms with Crippen molar-refractivity contribution in [3.8, 4) is 0 Å². The van der Waals surface area contributed by atoms with Gasteiger partial charge in [0.1, 0.15) is 5.78 Å². The van der Waals surface area contributed by atoms with Crippen LogP contribution >= 0.6 is 0 Å². The van der Waals surface area contributed by atoms with Crippen LogP contribution in [0.3, 0.4) is 0 Å². The van der Waals surface area contributed by atoms with Crippen LogP contribution in [-0.2, 0) is 4.79 Å². The Labute approximate surface area is 178 Å². The quantitative estimate of drug-likeness (QED) is 0.521. The van der Waals surface area contributed by atoms with Crippen molar-refractivity contribution < 1.29 is 9.90 Å². The summed E-state index contributed by atoms with van der Waals surface area (Å²) in [4.78, 5) is 13.4. The average Bonchev–Trinajstić information content (AvgIpc) is 2.93. The standard InChI is InChI=1S/C27H44O2/c1-17(2)7-6-8-18(3)23-16-24(29)25-21-10-9-19-15-20(28)11-13-26(19,4)22(21)12-14-27(23,25)5/h17-20,23,25,28H,6-16H2,1-5H3/t18-,19?,20+,23-,25-,26+,27-/m1/s1. The van der Waals surface area contributed by atoms with Crippen LogP contribution in [0.15, 0.2) is 11.1 Å². The number of ketones is 1. The minimum atomic E-state index is -0.103. The third-order valence-electron chi connectivity index (χ3n) is 9.93. The molecule has 0 saturated heterocycles. The van der Waals surface area contributed by atoms with E-state index in [0.29, 0.717) is 23.5 Å². The maximum Gasteiger partial charge on any atom is 0.140 e. The third kappa shape index (κ3) is 3.56. The van der Waals surface area contributed by atoms with E-state index in [-0.39, 0.29) is 22.9 Å². The molecule has 0 bridgehead atoms.